The Morgan fingerprint density at radius 2 is 1.86 bits per heavy atom. The zero-order chi connectivity index (χ0) is 20.4. The minimum Gasteiger partial charge on any atom is -0.396 e. The van der Waals surface area contributed by atoms with Crippen molar-refractivity contribution in [1.82, 2.24) is 15.4 Å². The molecule has 1 aromatic carbocycles. The van der Waals surface area contributed by atoms with Gasteiger partial charge in [0.2, 0.25) is 10.0 Å². The van der Waals surface area contributed by atoms with E-state index in [1.165, 1.54) is 11.3 Å². The summed E-state index contributed by atoms with van der Waals surface area (Å²) < 4.78 is 27.4. The average Bonchev–Trinajstić information content (AvgIpc) is 3.14. The summed E-state index contributed by atoms with van der Waals surface area (Å²) >= 11 is 1.25. The molecule has 4 N–H and O–H groups in total. The van der Waals surface area contributed by atoms with Gasteiger partial charge in [-0.15, -0.1) is 35.3 Å². The third kappa shape index (κ3) is 8.59. The summed E-state index contributed by atoms with van der Waals surface area (Å²) in [5.74, 6) is 0.500. The summed E-state index contributed by atoms with van der Waals surface area (Å²) in [6.07, 6.45) is 0. The number of hydrogen-bond acceptors (Lipinski definition) is 5. The van der Waals surface area contributed by atoms with Crippen LogP contribution >= 0.6 is 35.3 Å². The number of hydrogen-bond donors (Lipinski definition) is 4. The Labute approximate surface area is 194 Å². The van der Waals surface area contributed by atoms with Crippen LogP contribution in [0.15, 0.2) is 51.7 Å². The maximum Gasteiger partial charge on any atom is 0.250 e. The molecule has 0 aliphatic heterocycles. The standard InChI is InChI=1S/C19H28N4O3S2.HI/c1-3-20-19(22-13-17(14-24)16-7-5-4-6-8-16)21-11-12-23-28(25,26)18-10-9-15(2)27-18;/h4-10,17,23-24H,3,11-14H2,1-2H3,(H2,20,21,22);1H. The number of benzene rings is 1. The van der Waals surface area contributed by atoms with Crippen LogP contribution in [0.3, 0.4) is 0 Å². The molecule has 2 rings (SSSR count). The maximum atomic E-state index is 12.2. The normalized spacial score (nSPS) is 12.9. The summed E-state index contributed by atoms with van der Waals surface area (Å²) in [4.78, 5) is 5.47. The molecule has 29 heavy (non-hydrogen) atoms. The third-order valence-electron chi connectivity index (χ3n) is 4.00. The molecular formula is C19H29IN4O3S2. The van der Waals surface area contributed by atoms with Crippen molar-refractivity contribution in [3.8, 4) is 0 Å². The van der Waals surface area contributed by atoms with E-state index in [-0.39, 0.29) is 43.0 Å². The van der Waals surface area contributed by atoms with Gasteiger partial charge in [-0.2, -0.15) is 0 Å². The number of aliphatic imine (C=N–C) groups is 1. The number of halogens is 1. The lowest BCUT2D eigenvalue weighted by molar-refractivity contribution is 0.268. The van der Waals surface area contributed by atoms with E-state index in [0.29, 0.717) is 29.8 Å². The molecule has 0 fully saturated rings. The largest absolute Gasteiger partial charge is 0.396 e. The molecule has 2 aromatic rings. The van der Waals surface area contributed by atoms with Crippen molar-refractivity contribution in [2.24, 2.45) is 4.99 Å². The van der Waals surface area contributed by atoms with E-state index >= 15 is 0 Å². The first-order valence-corrected chi connectivity index (χ1v) is 11.5. The summed E-state index contributed by atoms with van der Waals surface area (Å²) in [7, 11) is -3.48. The highest BCUT2D eigenvalue weighted by molar-refractivity contribution is 14.0. The molecule has 0 aliphatic rings. The van der Waals surface area contributed by atoms with E-state index in [2.05, 4.69) is 20.3 Å². The van der Waals surface area contributed by atoms with E-state index in [4.69, 9.17) is 0 Å². The van der Waals surface area contributed by atoms with Crippen LogP contribution in [0.2, 0.25) is 0 Å². The van der Waals surface area contributed by atoms with Crippen LogP contribution in [0.25, 0.3) is 0 Å². The monoisotopic (exact) mass is 552 g/mol. The fourth-order valence-electron chi connectivity index (χ4n) is 2.53. The number of nitrogens with one attached hydrogen (secondary N) is 3. The topological polar surface area (TPSA) is 103 Å². The SMILES string of the molecule is CCNC(=NCC(CO)c1ccccc1)NCCNS(=O)(=O)c1ccc(C)s1.I. The Balaban J connectivity index is 0.00000420. The number of thiophene rings is 1. The number of guanidine groups is 1. The average molecular weight is 553 g/mol. The van der Waals surface area contributed by atoms with Crippen molar-refractivity contribution in [2.45, 2.75) is 24.0 Å². The molecular weight excluding hydrogens is 523 g/mol. The van der Waals surface area contributed by atoms with Gasteiger partial charge in [0.25, 0.3) is 0 Å². The lowest BCUT2D eigenvalue weighted by Crippen LogP contribution is -2.41. The fraction of sp³-hybridized carbons (Fsp3) is 0.421. The first-order valence-electron chi connectivity index (χ1n) is 9.20. The van der Waals surface area contributed by atoms with Crippen molar-refractivity contribution >= 4 is 51.3 Å². The van der Waals surface area contributed by atoms with E-state index in [1.54, 1.807) is 12.1 Å². The van der Waals surface area contributed by atoms with Crippen LogP contribution in [-0.2, 0) is 10.0 Å². The zero-order valence-corrected chi connectivity index (χ0v) is 20.6. The Morgan fingerprint density at radius 1 is 1.14 bits per heavy atom. The first kappa shape index (κ1) is 25.8. The molecule has 7 nitrogen and oxygen atoms in total. The summed E-state index contributed by atoms with van der Waals surface area (Å²) in [5.41, 5.74) is 1.03. The van der Waals surface area contributed by atoms with Gasteiger partial charge >= 0.3 is 0 Å². The van der Waals surface area contributed by atoms with Crippen LogP contribution < -0.4 is 15.4 Å². The van der Waals surface area contributed by atoms with Crippen LogP contribution in [0.4, 0.5) is 0 Å². The van der Waals surface area contributed by atoms with Crippen LogP contribution in [0.1, 0.15) is 23.3 Å². The molecule has 1 heterocycles. The van der Waals surface area contributed by atoms with Gasteiger partial charge < -0.3 is 15.7 Å². The summed E-state index contributed by atoms with van der Waals surface area (Å²) in [5, 5.41) is 15.9. The van der Waals surface area contributed by atoms with Crippen molar-refractivity contribution in [1.29, 1.82) is 0 Å². The van der Waals surface area contributed by atoms with Gasteiger partial charge in [-0.3, -0.25) is 4.99 Å². The highest BCUT2D eigenvalue weighted by Gasteiger charge is 2.15. The molecule has 0 saturated carbocycles. The van der Waals surface area contributed by atoms with Crippen LogP contribution in [0.5, 0.6) is 0 Å². The zero-order valence-electron chi connectivity index (χ0n) is 16.6. The minimum absolute atomic E-state index is 0. The molecule has 0 amide bonds. The minimum atomic E-state index is -3.48. The van der Waals surface area contributed by atoms with Gasteiger partial charge in [0.05, 0.1) is 13.2 Å². The summed E-state index contributed by atoms with van der Waals surface area (Å²) in [6, 6.07) is 13.2. The number of aryl methyl sites for hydroxylation is 1. The van der Waals surface area contributed by atoms with Crippen molar-refractivity contribution in [2.75, 3.05) is 32.8 Å². The second-order valence-electron chi connectivity index (χ2n) is 6.20. The van der Waals surface area contributed by atoms with E-state index in [9.17, 15) is 13.5 Å². The van der Waals surface area contributed by atoms with Gasteiger partial charge in [0.1, 0.15) is 4.21 Å². The van der Waals surface area contributed by atoms with Gasteiger partial charge in [0, 0.05) is 30.4 Å². The van der Waals surface area contributed by atoms with E-state index in [1.807, 2.05) is 44.2 Å². The lowest BCUT2D eigenvalue weighted by atomic mass is 10.0. The molecule has 0 aliphatic carbocycles. The van der Waals surface area contributed by atoms with Crippen molar-refractivity contribution in [3.05, 3.63) is 52.9 Å². The molecule has 0 radical (unpaired) electrons. The van der Waals surface area contributed by atoms with Crippen molar-refractivity contribution in [3.63, 3.8) is 0 Å². The number of rotatable bonds is 10. The Hall–Kier alpha value is -1.21. The Morgan fingerprint density at radius 3 is 2.45 bits per heavy atom. The Kier molecular flexibility index (Phi) is 11.7. The molecule has 10 heteroatoms. The molecule has 0 spiro atoms. The summed E-state index contributed by atoms with van der Waals surface area (Å²) in [6.45, 7) is 5.58. The second-order valence-corrected chi connectivity index (χ2v) is 9.48. The highest BCUT2D eigenvalue weighted by Crippen LogP contribution is 2.20. The predicted octanol–water partition coefficient (Wildman–Crippen LogP) is 2.28. The number of aliphatic hydroxyl groups excluding tert-OH is 1. The van der Waals surface area contributed by atoms with Crippen molar-refractivity contribution < 1.29 is 13.5 Å². The van der Waals surface area contributed by atoms with Gasteiger partial charge in [-0.05, 0) is 31.5 Å². The molecule has 162 valence electrons. The van der Waals surface area contributed by atoms with Gasteiger partial charge in [-0.1, -0.05) is 30.3 Å². The first-order chi connectivity index (χ1) is 13.5. The second kappa shape index (κ2) is 13.2. The predicted molar refractivity (Wildman–Crippen MR) is 130 cm³/mol. The highest BCUT2D eigenvalue weighted by atomic mass is 127. The lowest BCUT2D eigenvalue weighted by Gasteiger charge is -2.15. The van der Waals surface area contributed by atoms with Crippen LogP contribution in [0, 0.1) is 6.92 Å². The van der Waals surface area contributed by atoms with Gasteiger partial charge in [0.15, 0.2) is 5.96 Å². The Bertz CT molecular complexity index is 857. The third-order valence-corrected chi connectivity index (χ3v) is 6.95. The molecule has 0 saturated heterocycles. The maximum absolute atomic E-state index is 12.2. The number of nitrogens with zero attached hydrogens (tertiary/aromatic N) is 1. The molecule has 1 atom stereocenters. The van der Waals surface area contributed by atoms with E-state index < -0.39 is 10.0 Å². The van der Waals surface area contributed by atoms with Crippen LogP contribution in [-0.4, -0.2) is 52.3 Å². The smallest absolute Gasteiger partial charge is 0.250 e. The molecule has 1 unspecified atom stereocenters. The molecule has 0 bridgehead atoms. The van der Waals surface area contributed by atoms with Gasteiger partial charge in [-0.25, -0.2) is 13.1 Å². The number of aliphatic hydroxyl groups is 1. The molecule has 1 aromatic heterocycles. The quantitative estimate of drug-likeness (QED) is 0.157. The number of sulfonamides is 1. The fourth-order valence-corrected chi connectivity index (χ4v) is 4.89. The van der Waals surface area contributed by atoms with E-state index in [0.717, 1.165) is 10.4 Å².